The molecule has 1 heterocycles. The molecule has 1 aliphatic rings. The first kappa shape index (κ1) is 15.3. The summed E-state index contributed by atoms with van der Waals surface area (Å²) in [6, 6.07) is 9.25. The van der Waals surface area contributed by atoms with Gasteiger partial charge in [0.1, 0.15) is 12.2 Å². The van der Waals surface area contributed by atoms with Crippen molar-refractivity contribution in [1.29, 1.82) is 0 Å². The number of carboxylic acids is 1. The Kier molecular flexibility index (Phi) is 3.91. The Morgan fingerprint density at radius 3 is 2.38 bits per heavy atom. The van der Waals surface area contributed by atoms with Crippen LogP contribution < -0.4 is 0 Å². The van der Waals surface area contributed by atoms with Gasteiger partial charge in [0, 0.05) is 0 Å². The van der Waals surface area contributed by atoms with Gasteiger partial charge >= 0.3 is 12.1 Å². The van der Waals surface area contributed by atoms with Gasteiger partial charge in [-0.2, -0.15) is 0 Å². The Bertz CT molecular complexity index is 534. The molecule has 0 saturated carbocycles. The lowest BCUT2D eigenvalue weighted by Crippen LogP contribution is -2.71. The second-order valence-electron chi connectivity index (χ2n) is 5.86. The highest BCUT2D eigenvalue weighted by Gasteiger charge is 2.58. The molecule has 1 aliphatic heterocycles. The van der Waals surface area contributed by atoms with E-state index in [2.05, 4.69) is 0 Å². The van der Waals surface area contributed by atoms with Gasteiger partial charge in [0.05, 0.1) is 18.5 Å². The van der Waals surface area contributed by atoms with E-state index in [9.17, 15) is 14.7 Å². The molecule has 1 aromatic rings. The maximum absolute atomic E-state index is 11.8. The van der Waals surface area contributed by atoms with Crippen molar-refractivity contribution in [2.45, 2.75) is 26.1 Å². The first-order valence-corrected chi connectivity index (χ1v) is 6.68. The summed E-state index contributed by atoms with van der Waals surface area (Å²) in [6.45, 7) is 2.96. The lowest BCUT2D eigenvalue weighted by atomic mass is 9.70. The smallest absolute Gasteiger partial charge is 0.410 e. The van der Waals surface area contributed by atoms with E-state index in [1.165, 1.54) is 18.7 Å². The standard InChI is InChI=1S/C15H19NO5/c1-14(2,12(17)18)15(20)9-16(10-15)13(19)21-8-11-6-4-3-5-7-11/h3-7,20H,8-10H2,1-2H3,(H,17,18). The van der Waals surface area contributed by atoms with Crippen LogP contribution in [0.3, 0.4) is 0 Å². The fourth-order valence-electron chi connectivity index (χ4n) is 2.12. The van der Waals surface area contributed by atoms with Crippen LogP contribution in [0.25, 0.3) is 0 Å². The van der Waals surface area contributed by atoms with Crippen LogP contribution in [0.1, 0.15) is 19.4 Å². The fourth-order valence-corrected chi connectivity index (χ4v) is 2.12. The fraction of sp³-hybridized carbons (Fsp3) is 0.467. The monoisotopic (exact) mass is 293 g/mol. The van der Waals surface area contributed by atoms with E-state index < -0.39 is 23.1 Å². The van der Waals surface area contributed by atoms with E-state index in [1.54, 1.807) is 0 Å². The largest absolute Gasteiger partial charge is 0.481 e. The molecule has 0 radical (unpaired) electrons. The number of carboxylic acid groups (broad SMARTS) is 1. The minimum Gasteiger partial charge on any atom is -0.481 e. The zero-order valence-corrected chi connectivity index (χ0v) is 12.1. The number of ether oxygens (including phenoxy) is 1. The molecule has 114 valence electrons. The van der Waals surface area contributed by atoms with Crippen molar-refractivity contribution in [3.63, 3.8) is 0 Å². The van der Waals surface area contributed by atoms with Gasteiger partial charge in [0.15, 0.2) is 0 Å². The van der Waals surface area contributed by atoms with Crippen LogP contribution in [-0.4, -0.2) is 45.9 Å². The molecular formula is C15H19NO5. The van der Waals surface area contributed by atoms with Crippen molar-refractivity contribution in [1.82, 2.24) is 4.90 Å². The summed E-state index contributed by atoms with van der Waals surface area (Å²) in [6.07, 6.45) is -0.551. The van der Waals surface area contributed by atoms with E-state index in [0.29, 0.717) is 0 Å². The highest BCUT2D eigenvalue weighted by atomic mass is 16.6. The van der Waals surface area contributed by atoms with Crippen LogP contribution in [0.15, 0.2) is 30.3 Å². The molecule has 0 spiro atoms. The Morgan fingerprint density at radius 1 is 1.29 bits per heavy atom. The number of amides is 1. The topological polar surface area (TPSA) is 87.1 Å². The third-order valence-corrected chi connectivity index (χ3v) is 4.07. The number of rotatable bonds is 4. The maximum Gasteiger partial charge on any atom is 0.410 e. The molecule has 2 rings (SSSR count). The summed E-state index contributed by atoms with van der Waals surface area (Å²) >= 11 is 0. The molecule has 0 unspecified atom stereocenters. The molecule has 0 atom stereocenters. The lowest BCUT2D eigenvalue weighted by Gasteiger charge is -2.51. The molecule has 2 N–H and O–H groups in total. The molecule has 1 fully saturated rings. The second-order valence-corrected chi connectivity index (χ2v) is 5.86. The van der Waals surface area contributed by atoms with Crippen LogP contribution in [0.2, 0.25) is 0 Å². The predicted molar refractivity (Wildman–Crippen MR) is 74.6 cm³/mol. The second kappa shape index (κ2) is 5.37. The van der Waals surface area contributed by atoms with Crippen molar-refractivity contribution in [2.75, 3.05) is 13.1 Å². The minimum atomic E-state index is -1.43. The predicted octanol–water partition coefficient (Wildman–Crippen LogP) is 1.48. The van der Waals surface area contributed by atoms with Gasteiger partial charge in [-0.05, 0) is 19.4 Å². The molecular weight excluding hydrogens is 274 g/mol. The molecule has 0 aliphatic carbocycles. The number of likely N-dealkylation sites (tertiary alicyclic amines) is 1. The summed E-state index contributed by atoms with van der Waals surface area (Å²) in [5.41, 5.74) is -1.87. The summed E-state index contributed by atoms with van der Waals surface area (Å²) in [7, 11) is 0. The van der Waals surface area contributed by atoms with E-state index in [0.717, 1.165) is 5.56 Å². The van der Waals surface area contributed by atoms with Gasteiger partial charge in [-0.3, -0.25) is 4.79 Å². The van der Waals surface area contributed by atoms with Crippen molar-refractivity contribution >= 4 is 12.1 Å². The summed E-state index contributed by atoms with van der Waals surface area (Å²) < 4.78 is 5.13. The third kappa shape index (κ3) is 2.85. The van der Waals surface area contributed by atoms with Gasteiger partial charge in [-0.1, -0.05) is 30.3 Å². The molecule has 1 saturated heterocycles. The zero-order chi connectivity index (χ0) is 15.7. The third-order valence-electron chi connectivity index (χ3n) is 4.07. The summed E-state index contributed by atoms with van der Waals surface area (Å²) in [5.74, 6) is -1.10. The molecule has 1 amide bonds. The lowest BCUT2D eigenvalue weighted by molar-refractivity contribution is -0.188. The number of nitrogens with zero attached hydrogens (tertiary/aromatic N) is 1. The van der Waals surface area contributed by atoms with E-state index >= 15 is 0 Å². The highest BCUT2D eigenvalue weighted by molar-refractivity contribution is 5.77. The Balaban J connectivity index is 1.87. The van der Waals surface area contributed by atoms with Gasteiger partial charge in [-0.15, -0.1) is 0 Å². The zero-order valence-electron chi connectivity index (χ0n) is 12.1. The van der Waals surface area contributed by atoms with E-state index in [4.69, 9.17) is 9.84 Å². The number of aliphatic carboxylic acids is 1. The average molecular weight is 293 g/mol. The van der Waals surface area contributed by atoms with E-state index in [-0.39, 0.29) is 19.7 Å². The van der Waals surface area contributed by atoms with Gasteiger partial charge < -0.3 is 19.8 Å². The normalized spacial score (nSPS) is 17.0. The van der Waals surface area contributed by atoms with Crippen LogP contribution in [0.5, 0.6) is 0 Å². The number of carbonyl (C=O) groups excluding carboxylic acids is 1. The Labute approximate surface area is 122 Å². The van der Waals surface area contributed by atoms with Crippen molar-refractivity contribution in [2.24, 2.45) is 5.41 Å². The first-order chi connectivity index (χ1) is 9.76. The number of aliphatic hydroxyl groups is 1. The first-order valence-electron chi connectivity index (χ1n) is 6.68. The number of β-amino-alcohol motifs (C(OH)–C–C–N with tert-alkyl or cyclic N) is 1. The van der Waals surface area contributed by atoms with E-state index in [1.807, 2.05) is 30.3 Å². The number of carbonyl (C=O) groups is 2. The van der Waals surface area contributed by atoms with Crippen molar-refractivity contribution < 1.29 is 24.5 Å². The SMILES string of the molecule is CC(C)(C(=O)O)C1(O)CN(C(=O)OCc2ccccc2)C1. The molecule has 0 bridgehead atoms. The van der Waals surface area contributed by atoms with Gasteiger partial charge in [0.2, 0.25) is 0 Å². The van der Waals surface area contributed by atoms with Crippen molar-refractivity contribution in [3.05, 3.63) is 35.9 Å². The quantitative estimate of drug-likeness (QED) is 0.878. The Hall–Kier alpha value is -2.08. The van der Waals surface area contributed by atoms with Crippen LogP contribution in [-0.2, 0) is 16.1 Å². The number of hydrogen-bond donors (Lipinski definition) is 2. The highest BCUT2D eigenvalue weighted by Crippen LogP contribution is 2.39. The molecule has 6 heteroatoms. The Morgan fingerprint density at radius 2 is 1.86 bits per heavy atom. The molecule has 0 aromatic heterocycles. The van der Waals surface area contributed by atoms with Crippen LogP contribution in [0, 0.1) is 5.41 Å². The van der Waals surface area contributed by atoms with Crippen molar-refractivity contribution in [3.8, 4) is 0 Å². The minimum absolute atomic E-state index is 0.0417. The summed E-state index contributed by atoms with van der Waals surface area (Å²) in [5, 5.41) is 19.4. The van der Waals surface area contributed by atoms with Crippen LogP contribution in [0.4, 0.5) is 4.79 Å². The molecule has 6 nitrogen and oxygen atoms in total. The summed E-state index contributed by atoms with van der Waals surface area (Å²) in [4.78, 5) is 24.3. The average Bonchev–Trinajstić information content (AvgIpc) is 2.42. The number of hydrogen-bond acceptors (Lipinski definition) is 4. The number of benzene rings is 1. The van der Waals surface area contributed by atoms with Crippen LogP contribution >= 0.6 is 0 Å². The molecule has 1 aromatic carbocycles. The van der Waals surface area contributed by atoms with Gasteiger partial charge in [0.25, 0.3) is 0 Å². The molecule has 21 heavy (non-hydrogen) atoms. The van der Waals surface area contributed by atoms with Gasteiger partial charge in [-0.25, -0.2) is 4.79 Å². The maximum atomic E-state index is 11.8.